The van der Waals surface area contributed by atoms with Gasteiger partial charge in [-0.15, -0.1) is 0 Å². The summed E-state index contributed by atoms with van der Waals surface area (Å²) >= 11 is 0. The summed E-state index contributed by atoms with van der Waals surface area (Å²) in [6.07, 6.45) is 0.434. The van der Waals surface area contributed by atoms with Crippen molar-refractivity contribution >= 4 is 11.8 Å². The Labute approximate surface area is 97.6 Å². The van der Waals surface area contributed by atoms with Gasteiger partial charge < -0.3 is 15.5 Å². The molecule has 5 nitrogen and oxygen atoms in total. The summed E-state index contributed by atoms with van der Waals surface area (Å²) in [6, 6.07) is 0.377. The van der Waals surface area contributed by atoms with Crippen LogP contribution in [0.3, 0.4) is 0 Å². The van der Waals surface area contributed by atoms with E-state index in [-0.39, 0.29) is 18.4 Å². The highest BCUT2D eigenvalue weighted by atomic mass is 16.2. The van der Waals surface area contributed by atoms with Crippen molar-refractivity contribution in [2.24, 2.45) is 0 Å². The highest BCUT2D eigenvalue weighted by molar-refractivity contribution is 5.84. The van der Waals surface area contributed by atoms with E-state index in [0.717, 1.165) is 0 Å². The van der Waals surface area contributed by atoms with Crippen LogP contribution < -0.4 is 10.6 Å². The van der Waals surface area contributed by atoms with Crippen LogP contribution in [-0.2, 0) is 9.59 Å². The van der Waals surface area contributed by atoms with Crippen molar-refractivity contribution in [3.8, 4) is 0 Å². The molecule has 0 fully saturated rings. The predicted octanol–water partition coefficient (Wildman–Crippen LogP) is -0.0310. The van der Waals surface area contributed by atoms with Gasteiger partial charge in [-0.1, -0.05) is 13.8 Å². The minimum Gasteiger partial charge on any atom is -0.358 e. The van der Waals surface area contributed by atoms with E-state index in [0.29, 0.717) is 25.6 Å². The first-order chi connectivity index (χ1) is 7.51. The van der Waals surface area contributed by atoms with E-state index in [9.17, 15) is 9.59 Å². The van der Waals surface area contributed by atoms with Crippen LogP contribution in [0.4, 0.5) is 0 Å². The zero-order valence-electron chi connectivity index (χ0n) is 10.7. The van der Waals surface area contributed by atoms with Gasteiger partial charge >= 0.3 is 0 Å². The molecule has 94 valence electrons. The molecular formula is C11H23N3O2. The molecule has 0 saturated carbocycles. The van der Waals surface area contributed by atoms with Crippen LogP contribution in [0, 0.1) is 0 Å². The van der Waals surface area contributed by atoms with Crippen molar-refractivity contribution in [2.45, 2.75) is 33.2 Å². The molecule has 0 aliphatic rings. The van der Waals surface area contributed by atoms with Gasteiger partial charge in [0, 0.05) is 32.6 Å². The zero-order chi connectivity index (χ0) is 12.6. The van der Waals surface area contributed by atoms with E-state index >= 15 is 0 Å². The maximum absolute atomic E-state index is 11.7. The Morgan fingerprint density at radius 1 is 1.31 bits per heavy atom. The second kappa shape index (κ2) is 8.10. The minimum absolute atomic E-state index is 0.0132. The molecule has 16 heavy (non-hydrogen) atoms. The number of likely N-dealkylation sites (N-methyl/N-ethyl adjacent to an activating group) is 2. The van der Waals surface area contributed by atoms with Gasteiger partial charge in [-0.05, 0) is 6.92 Å². The summed E-state index contributed by atoms with van der Waals surface area (Å²) < 4.78 is 0. The van der Waals surface area contributed by atoms with E-state index in [1.54, 1.807) is 11.9 Å². The van der Waals surface area contributed by atoms with Gasteiger partial charge in [0.15, 0.2) is 0 Å². The van der Waals surface area contributed by atoms with Crippen LogP contribution in [0.1, 0.15) is 27.2 Å². The number of nitrogens with one attached hydrogen (secondary N) is 2. The molecule has 0 rings (SSSR count). The topological polar surface area (TPSA) is 61.4 Å². The molecular weight excluding hydrogens is 206 g/mol. The first-order valence-electron chi connectivity index (χ1n) is 5.73. The van der Waals surface area contributed by atoms with Crippen LogP contribution in [0.5, 0.6) is 0 Å². The van der Waals surface area contributed by atoms with E-state index in [1.165, 1.54) is 0 Å². The monoisotopic (exact) mass is 229 g/mol. The minimum atomic E-state index is -0.132. The normalized spacial score (nSPS) is 10.3. The second-order valence-corrected chi connectivity index (χ2v) is 3.94. The summed E-state index contributed by atoms with van der Waals surface area (Å²) in [5, 5.41) is 5.69. The molecule has 0 bridgehead atoms. The van der Waals surface area contributed by atoms with Gasteiger partial charge in [-0.25, -0.2) is 0 Å². The number of rotatable bonds is 7. The third kappa shape index (κ3) is 6.40. The largest absolute Gasteiger partial charge is 0.358 e. The standard InChI is InChI=1S/C11H23N3O2/c1-5-14(8-10(15)12-4)11(16)6-7-13-9(2)3/h9,13H,5-8H2,1-4H3,(H,12,15). The SMILES string of the molecule is CCN(CC(=O)NC)C(=O)CCNC(C)C. The Hall–Kier alpha value is -1.10. The highest BCUT2D eigenvalue weighted by Gasteiger charge is 2.14. The first-order valence-corrected chi connectivity index (χ1v) is 5.73. The third-order valence-electron chi connectivity index (χ3n) is 2.24. The Morgan fingerprint density at radius 2 is 1.94 bits per heavy atom. The third-order valence-corrected chi connectivity index (χ3v) is 2.24. The van der Waals surface area contributed by atoms with Crippen LogP contribution in [-0.4, -0.2) is 49.4 Å². The molecule has 0 aromatic rings. The van der Waals surface area contributed by atoms with Crippen molar-refractivity contribution in [1.29, 1.82) is 0 Å². The Morgan fingerprint density at radius 3 is 2.38 bits per heavy atom. The molecule has 0 aliphatic carbocycles. The molecule has 5 heteroatoms. The number of carbonyl (C=O) groups excluding carboxylic acids is 2. The Bertz CT molecular complexity index is 229. The molecule has 0 spiro atoms. The average Bonchev–Trinajstić information content (AvgIpc) is 2.24. The highest BCUT2D eigenvalue weighted by Crippen LogP contribution is 1.94. The number of amides is 2. The molecule has 2 N–H and O–H groups in total. The number of hydrogen-bond acceptors (Lipinski definition) is 3. The van der Waals surface area contributed by atoms with Crippen molar-refractivity contribution in [3.05, 3.63) is 0 Å². The molecule has 0 aromatic carbocycles. The van der Waals surface area contributed by atoms with Gasteiger partial charge in [0.25, 0.3) is 0 Å². The molecule has 0 saturated heterocycles. The Balaban J connectivity index is 3.96. The van der Waals surface area contributed by atoms with E-state index < -0.39 is 0 Å². The fourth-order valence-corrected chi connectivity index (χ4v) is 1.25. The summed E-state index contributed by atoms with van der Waals surface area (Å²) in [6.45, 7) is 7.30. The summed E-state index contributed by atoms with van der Waals surface area (Å²) in [7, 11) is 1.57. The lowest BCUT2D eigenvalue weighted by molar-refractivity contribution is -0.135. The molecule has 0 unspecified atom stereocenters. The molecule has 0 aromatic heterocycles. The number of carbonyl (C=O) groups is 2. The number of nitrogens with zero attached hydrogens (tertiary/aromatic N) is 1. The summed E-state index contributed by atoms with van der Waals surface area (Å²) in [4.78, 5) is 24.4. The van der Waals surface area contributed by atoms with Crippen molar-refractivity contribution in [1.82, 2.24) is 15.5 Å². The van der Waals surface area contributed by atoms with E-state index in [4.69, 9.17) is 0 Å². The van der Waals surface area contributed by atoms with Crippen LogP contribution >= 0.6 is 0 Å². The lowest BCUT2D eigenvalue weighted by Crippen LogP contribution is -2.40. The zero-order valence-corrected chi connectivity index (χ0v) is 10.7. The van der Waals surface area contributed by atoms with Gasteiger partial charge in [0.05, 0.1) is 6.54 Å². The Kier molecular flexibility index (Phi) is 7.54. The summed E-state index contributed by atoms with van der Waals surface area (Å²) in [5.41, 5.74) is 0. The van der Waals surface area contributed by atoms with Crippen LogP contribution in [0.15, 0.2) is 0 Å². The second-order valence-electron chi connectivity index (χ2n) is 3.94. The first kappa shape index (κ1) is 14.9. The van der Waals surface area contributed by atoms with E-state index in [2.05, 4.69) is 10.6 Å². The van der Waals surface area contributed by atoms with Crippen molar-refractivity contribution < 1.29 is 9.59 Å². The fourth-order valence-electron chi connectivity index (χ4n) is 1.25. The predicted molar refractivity (Wildman–Crippen MR) is 64.1 cm³/mol. The maximum Gasteiger partial charge on any atom is 0.239 e. The lowest BCUT2D eigenvalue weighted by atomic mass is 10.3. The summed E-state index contributed by atoms with van der Waals surface area (Å²) in [5.74, 6) is -0.119. The fraction of sp³-hybridized carbons (Fsp3) is 0.818. The van der Waals surface area contributed by atoms with Crippen LogP contribution in [0.25, 0.3) is 0 Å². The lowest BCUT2D eigenvalue weighted by Gasteiger charge is -2.20. The molecule has 0 atom stereocenters. The molecule has 0 heterocycles. The van der Waals surface area contributed by atoms with Crippen molar-refractivity contribution in [3.63, 3.8) is 0 Å². The average molecular weight is 229 g/mol. The van der Waals surface area contributed by atoms with Gasteiger partial charge in [0.2, 0.25) is 11.8 Å². The quantitative estimate of drug-likeness (QED) is 0.644. The smallest absolute Gasteiger partial charge is 0.239 e. The molecule has 2 amide bonds. The van der Waals surface area contributed by atoms with Gasteiger partial charge in [-0.2, -0.15) is 0 Å². The van der Waals surface area contributed by atoms with Crippen molar-refractivity contribution in [2.75, 3.05) is 26.7 Å². The number of hydrogen-bond donors (Lipinski definition) is 2. The van der Waals surface area contributed by atoms with E-state index in [1.807, 2.05) is 20.8 Å². The van der Waals surface area contributed by atoms with Gasteiger partial charge in [0.1, 0.15) is 0 Å². The molecule has 0 aliphatic heterocycles. The molecule has 0 radical (unpaired) electrons. The maximum atomic E-state index is 11.7. The van der Waals surface area contributed by atoms with Gasteiger partial charge in [-0.3, -0.25) is 9.59 Å². The van der Waals surface area contributed by atoms with Crippen LogP contribution in [0.2, 0.25) is 0 Å².